The molecule has 4 rings (SSSR count). The van der Waals surface area contributed by atoms with Crippen molar-refractivity contribution < 1.29 is 49.4 Å². The van der Waals surface area contributed by atoms with Crippen LogP contribution in [-0.2, 0) is 47.7 Å². The van der Waals surface area contributed by atoms with Crippen LogP contribution in [0.25, 0.3) is 0 Å². The lowest BCUT2D eigenvalue weighted by Crippen LogP contribution is -2.61. The first-order valence-electron chi connectivity index (χ1n) is 15.4. The van der Waals surface area contributed by atoms with Crippen molar-refractivity contribution >= 4 is 38.2 Å². The standard InChI is InChI=1S/C27H47N3O11S3/c1-16-10-11-20(23(12-16)44(35,36)39-4)29-30-25-22(42-41-40-37-2)14-18-13-19(43(33,34)38-3)15-21(24(18)26(25)31)28-27(32)17-8-6-5-7-9-17/h16-26,31H,5-15H2,1-4H3,(H,28,32). The van der Waals surface area contributed by atoms with Gasteiger partial charge in [-0.1, -0.05) is 31.2 Å². The Hall–Kier alpha value is -0.920. The highest BCUT2D eigenvalue weighted by Gasteiger charge is 2.54. The molecule has 10 atom stereocenters. The minimum Gasteiger partial charge on any atom is -0.390 e. The highest BCUT2D eigenvalue weighted by molar-refractivity contribution is 7.95. The summed E-state index contributed by atoms with van der Waals surface area (Å²) in [5, 5.41) is 26.4. The summed E-state index contributed by atoms with van der Waals surface area (Å²) in [5.74, 6) is -0.981. The van der Waals surface area contributed by atoms with Gasteiger partial charge in [0.05, 0.1) is 44.0 Å². The van der Waals surface area contributed by atoms with E-state index in [1.807, 2.05) is 6.92 Å². The van der Waals surface area contributed by atoms with Crippen LogP contribution in [0.2, 0.25) is 0 Å². The Bertz CT molecular complexity index is 1200. The van der Waals surface area contributed by atoms with Crippen LogP contribution in [-0.4, -0.2) is 89.2 Å². The second-order valence-electron chi connectivity index (χ2n) is 12.6. The van der Waals surface area contributed by atoms with Gasteiger partial charge in [0, 0.05) is 29.9 Å². The number of aliphatic hydroxyl groups excluding tert-OH is 1. The molecule has 0 heterocycles. The lowest BCUT2D eigenvalue weighted by Gasteiger charge is -2.50. The average Bonchev–Trinajstić information content (AvgIpc) is 3.01. The van der Waals surface area contributed by atoms with Crippen LogP contribution < -0.4 is 5.32 Å². The SMILES string of the molecule is COOOSC1CC2CC(S(=O)(=O)OC)CC(NC(=O)C3CCCCC3)C2C(O)C1N=NC1CCC(C)CC1S(=O)(=O)OC. The highest BCUT2D eigenvalue weighted by atomic mass is 32.2. The molecule has 0 aliphatic heterocycles. The van der Waals surface area contributed by atoms with E-state index in [4.69, 9.17) is 12.7 Å². The van der Waals surface area contributed by atoms with Crippen molar-refractivity contribution in [1.82, 2.24) is 5.32 Å². The van der Waals surface area contributed by atoms with Gasteiger partial charge in [0.25, 0.3) is 20.2 Å². The maximum Gasteiger partial charge on any atom is 0.272 e. The number of fused-ring (bicyclic) bond motifs is 1. The molecule has 2 N–H and O–H groups in total. The number of aliphatic hydroxyl groups is 1. The molecule has 0 saturated heterocycles. The average molecular weight is 686 g/mol. The molecular weight excluding hydrogens is 639 g/mol. The molecule has 17 heteroatoms. The molecule has 4 aliphatic carbocycles. The molecule has 0 bridgehead atoms. The number of azo groups is 1. The fourth-order valence-electron chi connectivity index (χ4n) is 7.58. The summed E-state index contributed by atoms with van der Waals surface area (Å²) >= 11 is 0.868. The van der Waals surface area contributed by atoms with Crippen LogP contribution >= 0.6 is 12.0 Å². The monoisotopic (exact) mass is 685 g/mol. The van der Waals surface area contributed by atoms with E-state index >= 15 is 0 Å². The first-order chi connectivity index (χ1) is 20.9. The van der Waals surface area contributed by atoms with Crippen molar-refractivity contribution in [3.8, 4) is 0 Å². The number of rotatable bonds is 12. The second-order valence-corrected chi connectivity index (χ2v) is 17.5. The van der Waals surface area contributed by atoms with Gasteiger partial charge >= 0.3 is 0 Å². The number of amides is 1. The lowest BCUT2D eigenvalue weighted by atomic mass is 9.65. The molecule has 14 nitrogen and oxygen atoms in total. The smallest absolute Gasteiger partial charge is 0.272 e. The first-order valence-corrected chi connectivity index (χ1v) is 19.2. The molecule has 0 aromatic carbocycles. The third kappa shape index (κ3) is 8.51. The molecule has 4 saturated carbocycles. The van der Waals surface area contributed by atoms with Gasteiger partial charge in [-0.15, -0.1) is 4.33 Å². The van der Waals surface area contributed by atoms with Gasteiger partial charge in [0.1, 0.15) is 11.3 Å². The summed E-state index contributed by atoms with van der Waals surface area (Å²) in [5.41, 5.74) is 0. The zero-order chi connectivity index (χ0) is 32.1. The van der Waals surface area contributed by atoms with Crippen LogP contribution in [0.15, 0.2) is 10.2 Å². The van der Waals surface area contributed by atoms with E-state index in [1.54, 1.807) is 0 Å². The van der Waals surface area contributed by atoms with Crippen LogP contribution in [0.3, 0.4) is 0 Å². The Kier molecular flexibility index (Phi) is 12.9. The van der Waals surface area contributed by atoms with Crippen molar-refractivity contribution in [3.05, 3.63) is 0 Å². The summed E-state index contributed by atoms with van der Waals surface area (Å²) in [4.78, 5) is 17.9. The van der Waals surface area contributed by atoms with E-state index < -0.39 is 66.1 Å². The van der Waals surface area contributed by atoms with Gasteiger partial charge < -0.3 is 10.4 Å². The molecule has 0 spiro atoms. The quantitative estimate of drug-likeness (QED) is 0.0764. The Labute approximate surface area is 265 Å². The number of nitrogens with zero attached hydrogens (tertiary/aromatic N) is 2. The predicted molar refractivity (Wildman–Crippen MR) is 161 cm³/mol. The zero-order valence-corrected chi connectivity index (χ0v) is 28.2. The number of hydrogen-bond acceptors (Lipinski definition) is 14. The molecule has 0 aromatic rings. The van der Waals surface area contributed by atoms with Crippen molar-refractivity contribution in [1.29, 1.82) is 0 Å². The Morgan fingerprint density at radius 3 is 2.25 bits per heavy atom. The Morgan fingerprint density at radius 2 is 1.59 bits per heavy atom. The summed E-state index contributed by atoms with van der Waals surface area (Å²) < 4.78 is 66.1. The summed E-state index contributed by atoms with van der Waals surface area (Å²) in [6.45, 7) is 1.98. The van der Waals surface area contributed by atoms with E-state index in [2.05, 4.69) is 25.5 Å². The minimum atomic E-state index is -3.91. The maximum atomic E-state index is 13.4. The van der Waals surface area contributed by atoms with E-state index in [-0.39, 0.29) is 36.5 Å². The number of nitrogens with one attached hydrogen (secondary N) is 1. The van der Waals surface area contributed by atoms with E-state index in [9.17, 15) is 26.7 Å². The molecule has 0 aromatic heterocycles. The Morgan fingerprint density at radius 1 is 0.886 bits per heavy atom. The van der Waals surface area contributed by atoms with Crippen LogP contribution in [0.5, 0.6) is 0 Å². The predicted octanol–water partition coefficient (Wildman–Crippen LogP) is 3.07. The van der Waals surface area contributed by atoms with Crippen molar-refractivity contribution in [2.75, 3.05) is 21.3 Å². The number of carbonyl (C=O) groups is 1. The largest absolute Gasteiger partial charge is 0.390 e. The normalized spacial score (nSPS) is 37.5. The topological polar surface area (TPSA) is 188 Å². The summed E-state index contributed by atoms with van der Waals surface area (Å²) in [6, 6.07) is -2.17. The number of hydrogen-bond donors (Lipinski definition) is 2. The van der Waals surface area contributed by atoms with Crippen molar-refractivity contribution in [3.63, 3.8) is 0 Å². The van der Waals surface area contributed by atoms with Crippen LogP contribution in [0, 0.1) is 23.7 Å². The third-order valence-electron chi connectivity index (χ3n) is 9.93. The zero-order valence-electron chi connectivity index (χ0n) is 25.8. The van der Waals surface area contributed by atoms with Gasteiger partial charge in [-0.2, -0.15) is 27.1 Å². The lowest BCUT2D eigenvalue weighted by molar-refractivity contribution is -0.447. The molecule has 4 aliphatic rings. The fourth-order valence-corrected chi connectivity index (χ4v) is 11.0. The fraction of sp³-hybridized carbons (Fsp3) is 0.963. The molecule has 254 valence electrons. The minimum absolute atomic E-state index is 0.0898. The van der Waals surface area contributed by atoms with Gasteiger partial charge in [-0.25, -0.2) is 4.89 Å². The molecule has 0 radical (unpaired) electrons. The molecule has 10 unspecified atom stereocenters. The first kappa shape index (κ1) is 35.9. The maximum absolute atomic E-state index is 13.4. The number of carbonyl (C=O) groups excluding carboxylic acids is 1. The van der Waals surface area contributed by atoms with E-state index in [1.165, 1.54) is 7.11 Å². The molecule has 44 heavy (non-hydrogen) atoms. The molecule has 4 fully saturated rings. The van der Waals surface area contributed by atoms with Gasteiger partial charge in [-0.3, -0.25) is 13.2 Å². The van der Waals surface area contributed by atoms with Gasteiger partial charge in [0.15, 0.2) is 0 Å². The van der Waals surface area contributed by atoms with Gasteiger partial charge in [0.2, 0.25) is 5.91 Å². The van der Waals surface area contributed by atoms with E-state index in [0.717, 1.165) is 64.8 Å². The molecular formula is C27H47N3O11S3. The van der Waals surface area contributed by atoms with Crippen LogP contribution in [0.1, 0.15) is 77.6 Å². The second kappa shape index (κ2) is 15.8. The Balaban J connectivity index is 1.63. The molecule has 1 amide bonds. The van der Waals surface area contributed by atoms with Crippen molar-refractivity contribution in [2.24, 2.45) is 33.9 Å². The summed E-state index contributed by atoms with van der Waals surface area (Å²) in [7, 11) is -4.26. The van der Waals surface area contributed by atoms with Gasteiger partial charge in [-0.05, 0) is 63.2 Å². The third-order valence-corrected chi connectivity index (χ3v) is 14.2. The summed E-state index contributed by atoms with van der Waals surface area (Å²) in [6.07, 6.45) is 5.70. The highest BCUT2D eigenvalue weighted by Crippen LogP contribution is 2.47. The van der Waals surface area contributed by atoms with E-state index in [0.29, 0.717) is 19.3 Å². The van der Waals surface area contributed by atoms with Crippen molar-refractivity contribution in [2.45, 2.75) is 118 Å². The van der Waals surface area contributed by atoms with Crippen LogP contribution in [0.4, 0.5) is 0 Å².